The van der Waals surface area contributed by atoms with Gasteiger partial charge >= 0.3 is 11.9 Å². The molecule has 11 nitrogen and oxygen atoms in total. The molecule has 0 aromatic rings. The molecule has 0 aliphatic heterocycles. The molecule has 0 rings (SSSR count). The van der Waals surface area contributed by atoms with E-state index in [1.165, 1.54) is 0 Å². The minimum absolute atomic E-state index is 0.0566. The topological polar surface area (TPSA) is 153 Å². The quantitative estimate of drug-likeness (QED) is 0.0963. The van der Waals surface area contributed by atoms with Gasteiger partial charge in [0.15, 0.2) is 16.6 Å². The molecule has 0 saturated heterocycles. The van der Waals surface area contributed by atoms with Crippen LogP contribution >= 0.6 is 0 Å². The normalized spacial score (nSPS) is 15.9. The molecule has 0 amide bonds. The molecule has 15 heteroatoms. The van der Waals surface area contributed by atoms with Crippen molar-refractivity contribution in [3.8, 4) is 0 Å². The smallest absolute Gasteiger partial charge is 0.308 e. The zero-order chi connectivity index (χ0) is 44.7. The van der Waals surface area contributed by atoms with E-state index in [1.807, 2.05) is 83.1 Å². The molecule has 0 aromatic heterocycles. The second-order valence-corrected chi connectivity index (χ2v) is 34.3. The fourth-order valence-corrected chi connectivity index (χ4v) is 6.85. The van der Waals surface area contributed by atoms with Crippen molar-refractivity contribution in [1.82, 2.24) is 0 Å². The minimum atomic E-state index is -2.02. The summed E-state index contributed by atoms with van der Waals surface area (Å²) in [5.41, 5.74) is -0.969. The lowest BCUT2D eigenvalue weighted by atomic mass is 10.1. The van der Waals surface area contributed by atoms with Crippen LogP contribution < -0.4 is 5.14 Å². The Morgan fingerprint density at radius 2 is 0.964 bits per heavy atom. The van der Waals surface area contributed by atoms with E-state index in [0.29, 0.717) is 25.9 Å². The molecule has 4 atom stereocenters. The molecule has 0 saturated carbocycles. The largest absolute Gasteiger partial charge is 0.460 e. The maximum atomic E-state index is 12.3. The van der Waals surface area contributed by atoms with Crippen LogP contribution in [-0.4, -0.2) is 89.8 Å². The number of methoxy groups -OCH3 is 1. The van der Waals surface area contributed by atoms with Crippen molar-refractivity contribution in [3.63, 3.8) is 0 Å². The van der Waals surface area contributed by atoms with Crippen LogP contribution in [-0.2, 0) is 54.6 Å². The predicted octanol–water partition coefficient (Wildman–Crippen LogP) is 9.97. The van der Waals surface area contributed by atoms with Gasteiger partial charge in [-0.15, -0.1) is 0 Å². The van der Waals surface area contributed by atoms with E-state index >= 15 is 0 Å². The number of nitrogens with two attached hydrogens (primary N) is 1. The molecular formula is C40H86N2O9S2Si2. The van der Waals surface area contributed by atoms with Crippen LogP contribution in [0.2, 0.25) is 36.3 Å². The number of nitrogens with zero attached hydrogens (tertiary/aromatic N) is 1. The summed E-state index contributed by atoms with van der Waals surface area (Å²) >= 11 is 0. The van der Waals surface area contributed by atoms with E-state index in [0.717, 1.165) is 0 Å². The average Bonchev–Trinajstić information content (AvgIpc) is 2.89. The zero-order valence-electron chi connectivity index (χ0n) is 39.5. The van der Waals surface area contributed by atoms with Crippen molar-refractivity contribution >= 4 is 56.8 Å². The van der Waals surface area contributed by atoms with Gasteiger partial charge in [0, 0.05) is 19.9 Å². The van der Waals surface area contributed by atoms with E-state index in [-0.39, 0.29) is 56.6 Å². The van der Waals surface area contributed by atoms with E-state index < -0.39 is 49.8 Å². The van der Waals surface area contributed by atoms with Crippen molar-refractivity contribution < 1.29 is 41.1 Å². The number of hydrogen-bond donors (Lipinski definition) is 1. The summed E-state index contributed by atoms with van der Waals surface area (Å²) in [5, 5.41) is 5.22. The Labute approximate surface area is 345 Å². The molecule has 0 aliphatic rings. The molecule has 0 spiro atoms. The van der Waals surface area contributed by atoms with Crippen molar-refractivity contribution in [1.29, 1.82) is 0 Å². The van der Waals surface area contributed by atoms with Gasteiger partial charge in [0.05, 0.1) is 45.5 Å². The lowest BCUT2D eigenvalue weighted by Crippen LogP contribution is -2.45. The Hall–Kier alpha value is -0.816. The van der Waals surface area contributed by atoms with Gasteiger partial charge in [-0.2, -0.15) is 4.40 Å². The van der Waals surface area contributed by atoms with E-state index in [4.69, 9.17) is 28.2 Å². The number of hydrogen-bond acceptors (Lipinski definition) is 9. The molecule has 55 heavy (non-hydrogen) atoms. The molecule has 0 bridgehead atoms. The molecule has 0 radical (unpaired) electrons. The summed E-state index contributed by atoms with van der Waals surface area (Å²) in [6, 6.07) is 0. The van der Waals surface area contributed by atoms with Crippen LogP contribution in [0.25, 0.3) is 0 Å². The Bertz CT molecular complexity index is 1220. The van der Waals surface area contributed by atoms with Gasteiger partial charge in [0.25, 0.3) is 0 Å². The fraction of sp³-hybridized carbons (Fsp3) is 0.925. The summed E-state index contributed by atoms with van der Waals surface area (Å²) in [6.07, 6.45) is 3.81. The number of carbonyl (C=O) groups is 2. The van der Waals surface area contributed by atoms with E-state index in [1.54, 1.807) is 13.3 Å². The van der Waals surface area contributed by atoms with Crippen molar-refractivity contribution in [2.45, 2.75) is 226 Å². The highest BCUT2D eigenvalue weighted by Gasteiger charge is 2.41. The third kappa shape index (κ3) is 30.0. The molecular weight excluding hydrogens is 773 g/mol. The third-order valence-electron chi connectivity index (χ3n) is 8.72. The second kappa shape index (κ2) is 23.7. The van der Waals surface area contributed by atoms with Crippen molar-refractivity contribution in [2.24, 2.45) is 9.54 Å². The van der Waals surface area contributed by atoms with Crippen LogP contribution in [0.5, 0.6) is 0 Å². The molecule has 330 valence electrons. The maximum absolute atomic E-state index is 12.3. The van der Waals surface area contributed by atoms with Crippen molar-refractivity contribution in [3.05, 3.63) is 0 Å². The highest BCUT2D eigenvalue weighted by atomic mass is 32.2. The molecule has 2 N–H and O–H groups in total. The van der Waals surface area contributed by atoms with Gasteiger partial charge in [-0.3, -0.25) is 14.7 Å². The van der Waals surface area contributed by atoms with Crippen LogP contribution in [0.1, 0.15) is 157 Å². The van der Waals surface area contributed by atoms with E-state index in [9.17, 15) is 18.0 Å². The van der Waals surface area contributed by atoms with Crippen LogP contribution in [0.3, 0.4) is 0 Å². The molecule has 0 fully saturated rings. The van der Waals surface area contributed by atoms with Gasteiger partial charge in [-0.05, 0) is 139 Å². The first-order valence-corrected chi connectivity index (χ1v) is 27.6. The summed E-state index contributed by atoms with van der Waals surface area (Å²) in [4.78, 5) is 24.3. The first kappa shape index (κ1) is 58.5. The van der Waals surface area contributed by atoms with Gasteiger partial charge in [0.2, 0.25) is 0 Å². The average molecular weight is 859 g/mol. The first-order chi connectivity index (χ1) is 24.1. The number of ether oxygens (including phenoxy) is 3. The van der Waals surface area contributed by atoms with Crippen LogP contribution in [0, 0.1) is 0 Å². The number of carbonyl (C=O) groups excluding carboxylic acids is 2. The zero-order valence-corrected chi connectivity index (χ0v) is 43.1. The van der Waals surface area contributed by atoms with Gasteiger partial charge < -0.3 is 23.1 Å². The van der Waals surface area contributed by atoms with E-state index in [2.05, 4.69) is 72.1 Å². The Morgan fingerprint density at radius 3 is 1.22 bits per heavy atom. The SMILES string of the molecule is CC(C)(C)OC(=O)C[C@H](CCC=N[S@](=O)C(C)(C)C)O[Si](C)(C)C(C)(C)C.CC(C)(C)[S@](N)=O.COCC[C@@H](CC(=O)OC(C)(C)C)O[Si](C)(C)C(C)(C)C. The lowest BCUT2D eigenvalue weighted by Gasteiger charge is -2.39. The monoisotopic (exact) mass is 859 g/mol. The standard InChI is InChI=1S/C20H41NO4SSi.C16H34O4Si.C4H11NOS/c1-18(2,3)24-17(22)15-16(25-27(10,11)20(7,8)9)13-12-14-21-26(23)19(4,5)6;1-15(2,3)19-14(17)12-13(10-11-18-7)20-21(8,9)16(4,5)6;1-4(2,3)7(5)6/h14,16H,12-13,15H2,1-11H3;13H,10-12H2,1-9H3;5H2,1-3H3/t16-,26+;13-;7-/m001/s1. The third-order valence-corrected chi connectivity index (χ3v) is 20.4. The lowest BCUT2D eigenvalue weighted by molar-refractivity contribution is -0.158. The van der Waals surface area contributed by atoms with Crippen LogP contribution in [0.4, 0.5) is 0 Å². The summed E-state index contributed by atoms with van der Waals surface area (Å²) in [5.74, 6) is -0.455. The Balaban J connectivity index is -0.000000854. The summed E-state index contributed by atoms with van der Waals surface area (Å²) < 4.78 is 54.7. The Morgan fingerprint density at radius 1 is 0.636 bits per heavy atom. The minimum Gasteiger partial charge on any atom is -0.460 e. The maximum Gasteiger partial charge on any atom is 0.308 e. The fourth-order valence-electron chi connectivity index (χ4n) is 3.52. The summed E-state index contributed by atoms with van der Waals surface area (Å²) in [6.45, 7) is 44.9. The van der Waals surface area contributed by atoms with Crippen molar-refractivity contribution in [2.75, 3.05) is 13.7 Å². The molecule has 0 unspecified atom stereocenters. The molecule has 0 aromatic carbocycles. The Kier molecular flexibility index (Phi) is 25.2. The molecule has 0 heterocycles. The first-order valence-electron chi connectivity index (χ1n) is 19.5. The predicted molar refractivity (Wildman–Crippen MR) is 239 cm³/mol. The molecule has 0 aliphatic carbocycles. The van der Waals surface area contributed by atoms with Gasteiger partial charge in [-0.1, -0.05) is 41.5 Å². The van der Waals surface area contributed by atoms with Gasteiger partial charge in [0.1, 0.15) is 22.2 Å². The second-order valence-electron chi connectivity index (χ2n) is 21.0. The highest BCUT2D eigenvalue weighted by molar-refractivity contribution is 7.85. The van der Waals surface area contributed by atoms with Crippen LogP contribution in [0.15, 0.2) is 4.40 Å². The number of rotatable bonds is 15. The summed E-state index contributed by atoms with van der Waals surface area (Å²) in [7, 11) is -4.71. The number of esters is 2. The highest BCUT2D eigenvalue weighted by Crippen LogP contribution is 2.39. The van der Waals surface area contributed by atoms with Gasteiger partial charge in [-0.25, -0.2) is 8.42 Å².